The highest BCUT2D eigenvalue weighted by atomic mass is 16.6. The third kappa shape index (κ3) is 5.37. The molecule has 1 aromatic rings. The number of nitrogens with one attached hydrogen (secondary N) is 1. The molecule has 0 aliphatic heterocycles. The highest BCUT2D eigenvalue weighted by Gasteiger charge is 2.07. The van der Waals surface area contributed by atoms with Crippen LogP contribution in [0.3, 0.4) is 0 Å². The van der Waals surface area contributed by atoms with Crippen LogP contribution >= 0.6 is 0 Å². The van der Waals surface area contributed by atoms with Gasteiger partial charge in [-0.25, -0.2) is 0 Å². The standard InChI is InChI=1S/C13H18N2O4/c1-10-6-7-11(15(18)19)9-12(10)14-8-4-2-3-5-13(16)17/h6-7,9,14H,2-5,8H2,1H3,(H,16,17). The Balaban J connectivity index is 2.38. The monoisotopic (exact) mass is 266 g/mol. The lowest BCUT2D eigenvalue weighted by atomic mass is 10.1. The van der Waals surface area contributed by atoms with E-state index in [4.69, 9.17) is 5.11 Å². The van der Waals surface area contributed by atoms with Crippen molar-refractivity contribution in [1.82, 2.24) is 0 Å². The van der Waals surface area contributed by atoms with Crippen LogP contribution in [-0.4, -0.2) is 22.5 Å². The number of hydrogen-bond acceptors (Lipinski definition) is 4. The van der Waals surface area contributed by atoms with Gasteiger partial charge >= 0.3 is 5.97 Å². The fourth-order valence-corrected chi connectivity index (χ4v) is 1.72. The highest BCUT2D eigenvalue weighted by molar-refractivity contribution is 5.66. The van der Waals surface area contributed by atoms with Crippen LogP contribution in [0, 0.1) is 17.0 Å². The van der Waals surface area contributed by atoms with Gasteiger partial charge in [0.2, 0.25) is 0 Å². The molecule has 0 fully saturated rings. The molecule has 0 atom stereocenters. The van der Waals surface area contributed by atoms with Gasteiger partial charge in [0.05, 0.1) is 4.92 Å². The molecule has 6 heteroatoms. The molecule has 0 bridgehead atoms. The first kappa shape index (κ1) is 14.9. The lowest BCUT2D eigenvalue weighted by molar-refractivity contribution is -0.384. The highest BCUT2D eigenvalue weighted by Crippen LogP contribution is 2.21. The SMILES string of the molecule is Cc1ccc([N+](=O)[O-])cc1NCCCCCC(=O)O. The van der Waals surface area contributed by atoms with Crippen molar-refractivity contribution in [1.29, 1.82) is 0 Å². The number of nitrogens with zero attached hydrogens (tertiary/aromatic N) is 1. The van der Waals surface area contributed by atoms with Crippen molar-refractivity contribution in [2.45, 2.75) is 32.6 Å². The second-order valence-corrected chi connectivity index (χ2v) is 4.39. The van der Waals surface area contributed by atoms with Crippen LogP contribution in [-0.2, 0) is 4.79 Å². The van der Waals surface area contributed by atoms with E-state index in [2.05, 4.69) is 5.32 Å². The zero-order chi connectivity index (χ0) is 14.3. The van der Waals surface area contributed by atoms with E-state index in [0.29, 0.717) is 13.0 Å². The first-order chi connectivity index (χ1) is 9.00. The summed E-state index contributed by atoms with van der Waals surface area (Å²) in [6.07, 6.45) is 2.52. The molecule has 0 saturated heterocycles. The Morgan fingerprint density at radius 3 is 2.74 bits per heavy atom. The normalized spacial score (nSPS) is 10.2. The average molecular weight is 266 g/mol. The van der Waals surface area contributed by atoms with E-state index in [0.717, 1.165) is 24.1 Å². The van der Waals surface area contributed by atoms with Gasteiger partial charge < -0.3 is 10.4 Å². The first-order valence-corrected chi connectivity index (χ1v) is 6.21. The minimum atomic E-state index is -0.775. The molecule has 0 aliphatic rings. The number of carboxylic acids is 1. The maximum absolute atomic E-state index is 10.7. The maximum Gasteiger partial charge on any atom is 0.303 e. The van der Waals surface area contributed by atoms with Gasteiger partial charge in [-0.3, -0.25) is 14.9 Å². The summed E-state index contributed by atoms with van der Waals surface area (Å²) < 4.78 is 0. The summed E-state index contributed by atoms with van der Waals surface area (Å²) in [7, 11) is 0. The molecular weight excluding hydrogens is 248 g/mol. The number of carbonyl (C=O) groups is 1. The van der Waals surface area contributed by atoms with Crippen molar-refractivity contribution in [2.75, 3.05) is 11.9 Å². The minimum Gasteiger partial charge on any atom is -0.481 e. The van der Waals surface area contributed by atoms with Gasteiger partial charge in [0.1, 0.15) is 0 Å². The molecule has 1 aromatic carbocycles. The van der Waals surface area contributed by atoms with Crippen LogP contribution in [0.15, 0.2) is 18.2 Å². The van der Waals surface area contributed by atoms with Crippen LogP contribution in [0.2, 0.25) is 0 Å². The lowest BCUT2D eigenvalue weighted by Crippen LogP contribution is -2.04. The van der Waals surface area contributed by atoms with E-state index >= 15 is 0 Å². The molecule has 0 saturated carbocycles. The van der Waals surface area contributed by atoms with Crippen LogP contribution in [0.4, 0.5) is 11.4 Å². The number of benzene rings is 1. The molecule has 0 heterocycles. The molecule has 2 N–H and O–H groups in total. The van der Waals surface area contributed by atoms with Crippen molar-refractivity contribution in [3.8, 4) is 0 Å². The number of non-ortho nitro benzene ring substituents is 1. The second kappa shape index (κ2) is 7.35. The number of nitro groups is 1. The Kier molecular flexibility index (Phi) is 5.78. The number of rotatable bonds is 8. The van der Waals surface area contributed by atoms with Crippen molar-refractivity contribution in [2.24, 2.45) is 0 Å². The summed E-state index contributed by atoms with van der Waals surface area (Å²) in [5.41, 5.74) is 1.78. The van der Waals surface area contributed by atoms with E-state index in [9.17, 15) is 14.9 Å². The van der Waals surface area contributed by atoms with Crippen LogP contribution in [0.1, 0.15) is 31.2 Å². The van der Waals surface area contributed by atoms with Gasteiger partial charge in [0.15, 0.2) is 0 Å². The van der Waals surface area contributed by atoms with Gasteiger partial charge in [0.25, 0.3) is 5.69 Å². The Hall–Kier alpha value is -2.11. The van der Waals surface area contributed by atoms with E-state index in [1.54, 1.807) is 6.07 Å². The number of nitro benzene ring substituents is 1. The first-order valence-electron chi connectivity index (χ1n) is 6.21. The maximum atomic E-state index is 10.7. The van der Waals surface area contributed by atoms with Gasteiger partial charge in [0, 0.05) is 30.8 Å². The van der Waals surface area contributed by atoms with Crippen LogP contribution in [0.25, 0.3) is 0 Å². The molecule has 0 aliphatic carbocycles. The molecular formula is C13H18N2O4. The van der Waals surface area contributed by atoms with Crippen LogP contribution in [0.5, 0.6) is 0 Å². The molecule has 0 radical (unpaired) electrons. The number of unbranched alkanes of at least 4 members (excludes halogenated alkanes) is 2. The molecule has 19 heavy (non-hydrogen) atoms. The number of aliphatic carboxylic acids is 1. The topological polar surface area (TPSA) is 92.5 Å². The Labute approximate surface area is 111 Å². The van der Waals surface area contributed by atoms with Gasteiger partial charge in [-0.2, -0.15) is 0 Å². The Morgan fingerprint density at radius 1 is 1.37 bits per heavy atom. The third-order valence-electron chi connectivity index (χ3n) is 2.81. The van der Waals surface area contributed by atoms with E-state index in [-0.39, 0.29) is 12.1 Å². The quantitative estimate of drug-likeness (QED) is 0.428. The Bertz CT molecular complexity index is 460. The van der Waals surface area contributed by atoms with Crippen molar-refractivity contribution in [3.05, 3.63) is 33.9 Å². The van der Waals surface area contributed by atoms with Gasteiger partial charge in [-0.1, -0.05) is 12.5 Å². The molecule has 6 nitrogen and oxygen atoms in total. The second-order valence-electron chi connectivity index (χ2n) is 4.39. The molecule has 104 valence electrons. The molecule has 0 unspecified atom stereocenters. The Morgan fingerprint density at radius 2 is 2.11 bits per heavy atom. The zero-order valence-corrected chi connectivity index (χ0v) is 10.9. The summed E-state index contributed by atoms with van der Waals surface area (Å²) in [5, 5.41) is 22.3. The minimum absolute atomic E-state index is 0.0685. The third-order valence-corrected chi connectivity index (χ3v) is 2.81. The summed E-state index contributed by atoms with van der Waals surface area (Å²) in [5.74, 6) is -0.775. The largest absolute Gasteiger partial charge is 0.481 e. The van der Waals surface area contributed by atoms with Crippen molar-refractivity contribution in [3.63, 3.8) is 0 Å². The van der Waals surface area contributed by atoms with E-state index < -0.39 is 10.9 Å². The van der Waals surface area contributed by atoms with Gasteiger partial charge in [-0.05, 0) is 25.3 Å². The van der Waals surface area contributed by atoms with Crippen molar-refractivity contribution >= 4 is 17.3 Å². The number of aryl methyl sites for hydroxylation is 1. The predicted molar refractivity (Wildman–Crippen MR) is 72.4 cm³/mol. The summed E-state index contributed by atoms with van der Waals surface area (Å²) in [6, 6.07) is 4.71. The van der Waals surface area contributed by atoms with Crippen LogP contribution < -0.4 is 5.32 Å². The van der Waals surface area contributed by atoms with E-state index in [1.165, 1.54) is 12.1 Å². The fourth-order valence-electron chi connectivity index (χ4n) is 1.72. The average Bonchev–Trinajstić information content (AvgIpc) is 2.34. The lowest BCUT2D eigenvalue weighted by Gasteiger charge is -2.09. The van der Waals surface area contributed by atoms with Gasteiger partial charge in [-0.15, -0.1) is 0 Å². The van der Waals surface area contributed by atoms with Crippen molar-refractivity contribution < 1.29 is 14.8 Å². The fraction of sp³-hybridized carbons (Fsp3) is 0.462. The number of hydrogen-bond donors (Lipinski definition) is 2. The summed E-state index contributed by atoms with van der Waals surface area (Å²) in [6.45, 7) is 2.57. The molecule has 0 amide bonds. The van der Waals surface area contributed by atoms with E-state index in [1.807, 2.05) is 6.92 Å². The summed E-state index contributed by atoms with van der Waals surface area (Å²) >= 11 is 0. The number of carboxylic acid groups (broad SMARTS) is 1. The predicted octanol–water partition coefficient (Wildman–Crippen LogP) is 2.96. The zero-order valence-electron chi connectivity index (χ0n) is 10.9. The number of anilines is 1. The summed E-state index contributed by atoms with van der Waals surface area (Å²) in [4.78, 5) is 20.6. The smallest absolute Gasteiger partial charge is 0.303 e. The molecule has 0 spiro atoms. The molecule has 0 aromatic heterocycles. The molecule has 1 rings (SSSR count).